The van der Waals surface area contributed by atoms with Gasteiger partial charge in [0.05, 0.1) is 4.90 Å². The maximum Gasteiger partial charge on any atom is 0.247 e. The summed E-state index contributed by atoms with van der Waals surface area (Å²) < 4.78 is 32.3. The highest BCUT2D eigenvalue weighted by atomic mass is 32.2. The zero-order valence-corrected chi connectivity index (χ0v) is 11.9. The lowest BCUT2D eigenvalue weighted by Crippen LogP contribution is -2.34. The van der Waals surface area contributed by atoms with Crippen molar-refractivity contribution in [1.82, 2.24) is 9.71 Å². The summed E-state index contributed by atoms with van der Waals surface area (Å²) in [7, 11) is -3.65. The van der Waals surface area contributed by atoms with Gasteiger partial charge in [0, 0.05) is 25.2 Å². The summed E-state index contributed by atoms with van der Waals surface area (Å²) in [6.45, 7) is 0.177. The molecular formula is C14H14N2O4S. The van der Waals surface area contributed by atoms with Crippen molar-refractivity contribution < 1.29 is 13.2 Å². The van der Waals surface area contributed by atoms with Crippen LogP contribution in [0.2, 0.25) is 0 Å². The van der Waals surface area contributed by atoms with E-state index in [2.05, 4.69) is 9.71 Å². The molecule has 2 heterocycles. The van der Waals surface area contributed by atoms with E-state index < -0.39 is 10.0 Å². The number of fused-ring (bicyclic) bond motifs is 1. The molecule has 7 heteroatoms. The Hall–Kier alpha value is -2.12. The summed E-state index contributed by atoms with van der Waals surface area (Å²) in [6.07, 6.45) is 1.62. The van der Waals surface area contributed by atoms with Gasteiger partial charge in [0.2, 0.25) is 15.6 Å². The van der Waals surface area contributed by atoms with Crippen molar-refractivity contribution in [3.63, 3.8) is 0 Å². The number of ether oxygens (including phenoxy) is 1. The molecule has 0 radical (unpaired) electrons. The number of aromatic nitrogens is 1. The van der Waals surface area contributed by atoms with E-state index >= 15 is 0 Å². The van der Waals surface area contributed by atoms with Crippen molar-refractivity contribution in [2.45, 2.75) is 17.4 Å². The zero-order chi connectivity index (χ0) is 14.9. The Bertz CT molecular complexity index is 768. The van der Waals surface area contributed by atoms with E-state index in [1.54, 1.807) is 0 Å². The lowest BCUT2D eigenvalue weighted by molar-refractivity contribution is 0.236. The molecule has 6 nitrogen and oxygen atoms in total. The molecule has 0 amide bonds. The van der Waals surface area contributed by atoms with Gasteiger partial charge in [-0.1, -0.05) is 18.2 Å². The number of sulfonamides is 1. The Morgan fingerprint density at radius 1 is 1.24 bits per heavy atom. The first-order valence-corrected chi connectivity index (χ1v) is 7.96. The number of para-hydroxylation sites is 1. The highest BCUT2D eigenvalue weighted by molar-refractivity contribution is 7.89. The summed E-state index contributed by atoms with van der Waals surface area (Å²) in [6, 6.07) is 10.1. The summed E-state index contributed by atoms with van der Waals surface area (Å²) in [5.41, 5.74) is 0.731. The van der Waals surface area contributed by atoms with Crippen LogP contribution in [-0.4, -0.2) is 26.1 Å². The lowest BCUT2D eigenvalue weighted by Gasteiger charge is -2.12. The topological polar surface area (TPSA) is 88.3 Å². The molecule has 3 rings (SSSR count). The van der Waals surface area contributed by atoms with Crippen molar-refractivity contribution in [3.8, 4) is 5.75 Å². The van der Waals surface area contributed by atoms with Crippen LogP contribution in [0.1, 0.15) is 5.56 Å². The van der Waals surface area contributed by atoms with Crippen LogP contribution in [0.5, 0.6) is 5.75 Å². The van der Waals surface area contributed by atoms with Gasteiger partial charge in [-0.2, -0.15) is 0 Å². The van der Waals surface area contributed by atoms with Crippen molar-refractivity contribution in [2.24, 2.45) is 0 Å². The van der Waals surface area contributed by atoms with Gasteiger partial charge >= 0.3 is 0 Å². The molecule has 0 fully saturated rings. The minimum absolute atomic E-state index is 0.0256. The van der Waals surface area contributed by atoms with Crippen LogP contribution in [0.25, 0.3) is 0 Å². The standard InChI is InChI=1S/C14H14N2O4S/c17-14-6-5-12(9-15-14)21(18,19)16-8-11-7-10-3-1-2-4-13(10)20-11/h1-6,9,11,16H,7-8H2,(H,15,17). The molecule has 1 aliphatic heterocycles. The van der Waals surface area contributed by atoms with Crippen molar-refractivity contribution in [1.29, 1.82) is 0 Å². The van der Waals surface area contributed by atoms with Gasteiger partial charge in [0.1, 0.15) is 11.9 Å². The molecule has 2 aromatic rings. The predicted octanol–water partition coefficient (Wildman–Crippen LogP) is 0.657. The van der Waals surface area contributed by atoms with E-state index in [-0.39, 0.29) is 23.1 Å². The van der Waals surface area contributed by atoms with Crippen LogP contribution in [0.3, 0.4) is 0 Å². The molecule has 0 bridgehead atoms. The van der Waals surface area contributed by atoms with Gasteiger partial charge in [-0.15, -0.1) is 0 Å². The smallest absolute Gasteiger partial charge is 0.247 e. The molecule has 0 saturated heterocycles. The van der Waals surface area contributed by atoms with Crippen LogP contribution in [0.4, 0.5) is 0 Å². The Kier molecular flexibility index (Phi) is 3.52. The molecule has 0 saturated carbocycles. The number of rotatable bonds is 4. The van der Waals surface area contributed by atoms with Crippen LogP contribution in [-0.2, 0) is 16.4 Å². The fraction of sp³-hybridized carbons (Fsp3) is 0.214. The first-order chi connectivity index (χ1) is 10.0. The summed E-state index contributed by atoms with van der Waals surface area (Å²) >= 11 is 0. The van der Waals surface area contributed by atoms with E-state index in [0.717, 1.165) is 11.3 Å². The molecule has 110 valence electrons. The molecule has 0 aliphatic carbocycles. The average molecular weight is 306 g/mol. The Morgan fingerprint density at radius 2 is 2.05 bits per heavy atom. The van der Waals surface area contributed by atoms with Crippen molar-refractivity contribution >= 4 is 10.0 Å². The van der Waals surface area contributed by atoms with E-state index in [0.29, 0.717) is 6.42 Å². The number of pyridine rings is 1. The monoisotopic (exact) mass is 306 g/mol. The number of nitrogens with one attached hydrogen (secondary N) is 2. The predicted molar refractivity (Wildman–Crippen MR) is 76.8 cm³/mol. The summed E-state index contributed by atoms with van der Waals surface area (Å²) in [5.74, 6) is 0.797. The molecule has 1 aromatic carbocycles. The lowest BCUT2D eigenvalue weighted by atomic mass is 10.1. The molecule has 0 spiro atoms. The number of hydrogen-bond acceptors (Lipinski definition) is 4. The molecule has 2 N–H and O–H groups in total. The maximum atomic E-state index is 12.1. The highest BCUT2D eigenvalue weighted by Crippen LogP contribution is 2.27. The molecular weight excluding hydrogens is 292 g/mol. The second-order valence-corrected chi connectivity index (χ2v) is 6.56. The summed E-state index contributed by atoms with van der Waals surface area (Å²) in [4.78, 5) is 13.3. The molecule has 21 heavy (non-hydrogen) atoms. The normalized spacial score (nSPS) is 17.2. The van der Waals surface area contributed by atoms with E-state index in [1.165, 1.54) is 18.3 Å². The van der Waals surface area contributed by atoms with Crippen molar-refractivity contribution in [2.75, 3.05) is 6.54 Å². The summed E-state index contributed by atoms with van der Waals surface area (Å²) in [5, 5.41) is 0. The third kappa shape index (κ3) is 2.98. The van der Waals surface area contributed by atoms with Gasteiger partial charge in [-0.25, -0.2) is 13.1 Å². The Labute approximate surface area is 121 Å². The maximum absolute atomic E-state index is 12.1. The minimum Gasteiger partial charge on any atom is -0.488 e. The van der Waals surface area contributed by atoms with Gasteiger partial charge < -0.3 is 9.72 Å². The molecule has 1 unspecified atom stereocenters. The van der Waals surface area contributed by atoms with Crippen molar-refractivity contribution in [3.05, 3.63) is 58.5 Å². The van der Waals surface area contributed by atoms with Gasteiger partial charge in [-0.05, 0) is 17.7 Å². The Balaban J connectivity index is 1.66. The second-order valence-electron chi connectivity index (χ2n) is 4.79. The van der Waals surface area contributed by atoms with Crippen LogP contribution in [0.15, 0.2) is 52.3 Å². The third-order valence-corrected chi connectivity index (χ3v) is 4.70. The van der Waals surface area contributed by atoms with E-state index in [4.69, 9.17) is 4.74 Å². The fourth-order valence-electron chi connectivity index (χ4n) is 2.22. The Morgan fingerprint density at radius 3 is 2.76 bits per heavy atom. The van der Waals surface area contributed by atoms with Crippen LogP contribution in [0, 0.1) is 0 Å². The highest BCUT2D eigenvalue weighted by Gasteiger charge is 2.24. The molecule has 1 aromatic heterocycles. The van der Waals surface area contributed by atoms with E-state index in [1.807, 2.05) is 24.3 Å². The fourth-order valence-corrected chi connectivity index (χ4v) is 3.25. The van der Waals surface area contributed by atoms with Crippen LogP contribution >= 0.6 is 0 Å². The first-order valence-electron chi connectivity index (χ1n) is 6.47. The van der Waals surface area contributed by atoms with Gasteiger partial charge in [0.25, 0.3) is 0 Å². The molecule has 1 atom stereocenters. The number of aromatic amines is 1. The van der Waals surface area contributed by atoms with Gasteiger partial charge in [0.15, 0.2) is 0 Å². The third-order valence-electron chi connectivity index (χ3n) is 3.28. The van der Waals surface area contributed by atoms with Gasteiger partial charge in [-0.3, -0.25) is 4.79 Å². The minimum atomic E-state index is -3.65. The van der Waals surface area contributed by atoms with Crippen LogP contribution < -0.4 is 15.0 Å². The van der Waals surface area contributed by atoms with E-state index in [9.17, 15) is 13.2 Å². The number of H-pyrrole nitrogens is 1. The second kappa shape index (κ2) is 5.34. The number of hydrogen-bond donors (Lipinski definition) is 2. The average Bonchev–Trinajstić information content (AvgIpc) is 2.89. The molecule has 1 aliphatic rings. The quantitative estimate of drug-likeness (QED) is 0.868. The first kappa shape index (κ1) is 13.8. The number of benzene rings is 1. The zero-order valence-electron chi connectivity index (χ0n) is 11.1. The largest absolute Gasteiger partial charge is 0.488 e. The SMILES string of the molecule is O=c1ccc(S(=O)(=O)NCC2Cc3ccccc3O2)c[nH]1.